The highest BCUT2D eigenvalue weighted by molar-refractivity contribution is 7.92. The van der Waals surface area contributed by atoms with Crippen molar-refractivity contribution in [3.05, 3.63) is 53.6 Å². The van der Waals surface area contributed by atoms with E-state index in [4.69, 9.17) is 4.74 Å². The predicted molar refractivity (Wildman–Crippen MR) is 110 cm³/mol. The molecule has 7 nitrogen and oxygen atoms in total. The number of sulfonamides is 1. The summed E-state index contributed by atoms with van der Waals surface area (Å²) in [6, 6.07) is 11.4. The molecule has 0 saturated heterocycles. The van der Waals surface area contributed by atoms with E-state index in [9.17, 15) is 22.0 Å². The van der Waals surface area contributed by atoms with Crippen molar-refractivity contribution in [3.8, 4) is 11.5 Å². The number of carbonyl (C=O) groups is 1. The maximum Gasteiger partial charge on any atom is 0.387 e. The molecule has 1 amide bonds. The van der Waals surface area contributed by atoms with Crippen LogP contribution in [0.25, 0.3) is 0 Å². The minimum Gasteiger partial charge on any atom is -0.493 e. The topological polar surface area (TPSA) is 84.9 Å². The maximum atomic E-state index is 12.5. The van der Waals surface area contributed by atoms with Crippen LogP contribution in [0, 0.1) is 6.92 Å². The first-order chi connectivity index (χ1) is 14.1. The van der Waals surface area contributed by atoms with Crippen molar-refractivity contribution < 1.29 is 31.5 Å². The van der Waals surface area contributed by atoms with E-state index in [1.165, 1.54) is 19.2 Å². The van der Waals surface area contributed by atoms with E-state index in [-0.39, 0.29) is 24.6 Å². The number of nitrogens with one attached hydrogen (secondary N) is 1. The van der Waals surface area contributed by atoms with Gasteiger partial charge in [0.1, 0.15) is 6.54 Å². The van der Waals surface area contributed by atoms with Gasteiger partial charge in [-0.1, -0.05) is 24.3 Å². The molecule has 0 heterocycles. The summed E-state index contributed by atoms with van der Waals surface area (Å²) >= 11 is 0. The fourth-order valence-corrected chi connectivity index (χ4v) is 3.74. The third-order valence-electron chi connectivity index (χ3n) is 4.25. The molecule has 0 fully saturated rings. The van der Waals surface area contributed by atoms with Gasteiger partial charge in [0, 0.05) is 6.54 Å². The molecule has 0 saturated carbocycles. The molecule has 0 aliphatic heterocycles. The van der Waals surface area contributed by atoms with Crippen molar-refractivity contribution in [2.24, 2.45) is 0 Å². The Morgan fingerprint density at radius 2 is 1.87 bits per heavy atom. The standard InChI is InChI=1S/C20H24F2N2O5S/c1-14-6-4-5-7-16(14)24(30(3,26)27)13-19(25)23-11-10-15-8-9-17(28-2)18(12-15)29-20(21)22/h4-9,12,20H,10-11,13H2,1-3H3,(H,23,25). The second-order valence-electron chi connectivity index (χ2n) is 6.52. The van der Waals surface area contributed by atoms with Crippen molar-refractivity contribution in [2.45, 2.75) is 20.0 Å². The van der Waals surface area contributed by atoms with Crippen LogP contribution in [0.15, 0.2) is 42.5 Å². The fraction of sp³-hybridized carbons (Fsp3) is 0.350. The number of ether oxygens (including phenoxy) is 2. The molecule has 0 atom stereocenters. The van der Waals surface area contributed by atoms with Crippen LogP contribution in [-0.4, -0.2) is 47.4 Å². The normalized spacial score (nSPS) is 11.3. The number of anilines is 1. The second kappa shape index (κ2) is 10.2. The van der Waals surface area contributed by atoms with Crippen LogP contribution in [0.1, 0.15) is 11.1 Å². The highest BCUT2D eigenvalue weighted by Gasteiger charge is 2.22. The lowest BCUT2D eigenvalue weighted by Gasteiger charge is -2.23. The van der Waals surface area contributed by atoms with Crippen molar-refractivity contribution in [1.29, 1.82) is 0 Å². The summed E-state index contributed by atoms with van der Waals surface area (Å²) in [5.74, 6) is -0.412. The number of benzene rings is 2. The highest BCUT2D eigenvalue weighted by atomic mass is 32.2. The van der Waals surface area contributed by atoms with Gasteiger partial charge in [-0.25, -0.2) is 8.42 Å². The molecule has 2 rings (SSSR count). The van der Waals surface area contributed by atoms with Crippen molar-refractivity contribution in [1.82, 2.24) is 5.32 Å². The first-order valence-electron chi connectivity index (χ1n) is 9.03. The van der Waals surface area contributed by atoms with E-state index in [1.807, 2.05) is 0 Å². The van der Waals surface area contributed by atoms with Gasteiger partial charge in [0.15, 0.2) is 11.5 Å². The van der Waals surface area contributed by atoms with Gasteiger partial charge in [-0.05, 0) is 42.7 Å². The monoisotopic (exact) mass is 442 g/mol. The quantitative estimate of drug-likeness (QED) is 0.612. The Kier molecular flexibility index (Phi) is 7.99. The minimum absolute atomic E-state index is 0.0980. The van der Waals surface area contributed by atoms with Crippen LogP contribution >= 0.6 is 0 Å². The van der Waals surface area contributed by atoms with Gasteiger partial charge in [0.2, 0.25) is 15.9 Å². The average Bonchev–Trinajstić information content (AvgIpc) is 2.66. The number of methoxy groups -OCH3 is 1. The molecule has 0 unspecified atom stereocenters. The number of hydrogen-bond donors (Lipinski definition) is 1. The second-order valence-corrected chi connectivity index (χ2v) is 8.43. The third-order valence-corrected chi connectivity index (χ3v) is 5.38. The van der Waals surface area contributed by atoms with Gasteiger partial charge >= 0.3 is 6.61 Å². The molecular formula is C20H24F2N2O5S. The van der Waals surface area contributed by atoms with Crippen molar-refractivity contribution in [3.63, 3.8) is 0 Å². The van der Waals surface area contributed by atoms with E-state index in [1.54, 1.807) is 37.3 Å². The number of hydrogen-bond acceptors (Lipinski definition) is 5. The van der Waals surface area contributed by atoms with Crippen LogP contribution in [0.5, 0.6) is 11.5 Å². The first kappa shape index (κ1) is 23.4. The molecule has 2 aromatic carbocycles. The molecule has 0 bridgehead atoms. The van der Waals surface area contributed by atoms with E-state index in [0.29, 0.717) is 17.7 Å². The van der Waals surface area contributed by atoms with Gasteiger partial charge in [0.05, 0.1) is 19.1 Å². The summed E-state index contributed by atoms with van der Waals surface area (Å²) in [4.78, 5) is 12.3. The lowest BCUT2D eigenvalue weighted by Crippen LogP contribution is -2.41. The number of alkyl halides is 2. The molecule has 0 radical (unpaired) electrons. The molecule has 0 spiro atoms. The van der Waals surface area contributed by atoms with E-state index >= 15 is 0 Å². The smallest absolute Gasteiger partial charge is 0.387 e. The molecule has 164 valence electrons. The molecule has 1 N–H and O–H groups in total. The minimum atomic E-state index is -3.67. The number of rotatable bonds is 10. The largest absolute Gasteiger partial charge is 0.493 e. The zero-order valence-corrected chi connectivity index (χ0v) is 17.7. The van der Waals surface area contributed by atoms with Crippen molar-refractivity contribution in [2.75, 3.05) is 30.8 Å². The number of carbonyl (C=O) groups excluding carboxylic acids is 1. The molecule has 0 aliphatic rings. The van der Waals surface area contributed by atoms with Crippen LogP contribution in [-0.2, 0) is 21.2 Å². The number of aryl methyl sites for hydroxylation is 1. The maximum absolute atomic E-state index is 12.5. The zero-order chi connectivity index (χ0) is 22.3. The van der Waals surface area contributed by atoms with Crippen LogP contribution in [0.2, 0.25) is 0 Å². The number of nitrogens with zero attached hydrogens (tertiary/aromatic N) is 1. The van der Waals surface area contributed by atoms with Gasteiger partial charge < -0.3 is 14.8 Å². The summed E-state index contributed by atoms with van der Waals surface area (Å²) in [7, 11) is -2.32. The Morgan fingerprint density at radius 1 is 1.17 bits per heavy atom. The lowest BCUT2D eigenvalue weighted by atomic mass is 10.1. The van der Waals surface area contributed by atoms with Gasteiger partial charge in [-0.15, -0.1) is 0 Å². The molecular weight excluding hydrogens is 418 g/mol. The van der Waals surface area contributed by atoms with E-state index < -0.39 is 22.5 Å². The van der Waals surface area contributed by atoms with E-state index in [2.05, 4.69) is 10.1 Å². The molecule has 10 heteroatoms. The van der Waals surface area contributed by atoms with Crippen LogP contribution in [0.3, 0.4) is 0 Å². The first-order valence-corrected chi connectivity index (χ1v) is 10.9. The lowest BCUT2D eigenvalue weighted by molar-refractivity contribution is -0.119. The molecule has 30 heavy (non-hydrogen) atoms. The van der Waals surface area contributed by atoms with Gasteiger partial charge in [-0.2, -0.15) is 8.78 Å². The summed E-state index contributed by atoms with van der Waals surface area (Å²) < 4.78 is 59.8. The number of para-hydroxylation sites is 1. The Balaban J connectivity index is 2.01. The van der Waals surface area contributed by atoms with Gasteiger partial charge in [-0.3, -0.25) is 9.10 Å². The zero-order valence-electron chi connectivity index (χ0n) is 16.9. The summed E-state index contributed by atoms with van der Waals surface area (Å²) in [6.45, 7) is -1.41. The number of halogens is 2. The summed E-state index contributed by atoms with van der Waals surface area (Å²) in [5, 5.41) is 2.65. The summed E-state index contributed by atoms with van der Waals surface area (Å²) in [5.41, 5.74) is 1.80. The van der Waals surface area contributed by atoms with E-state index in [0.717, 1.165) is 16.1 Å². The average molecular weight is 442 g/mol. The molecule has 0 aliphatic carbocycles. The summed E-state index contributed by atoms with van der Waals surface area (Å²) in [6.07, 6.45) is 1.37. The van der Waals surface area contributed by atoms with Crippen molar-refractivity contribution >= 4 is 21.6 Å². The van der Waals surface area contributed by atoms with Crippen LogP contribution in [0.4, 0.5) is 14.5 Å². The SMILES string of the molecule is COc1ccc(CCNC(=O)CN(c2ccccc2C)S(C)(=O)=O)cc1OC(F)F. The Bertz CT molecular complexity index is 983. The van der Waals surface area contributed by atoms with Crippen LogP contribution < -0.4 is 19.1 Å². The molecule has 0 aromatic heterocycles. The highest BCUT2D eigenvalue weighted by Crippen LogP contribution is 2.29. The Morgan fingerprint density at radius 3 is 2.47 bits per heavy atom. The number of amides is 1. The fourth-order valence-electron chi connectivity index (χ4n) is 2.82. The Labute approximate surface area is 174 Å². The predicted octanol–water partition coefficient (Wildman–Crippen LogP) is 2.73. The van der Waals surface area contributed by atoms with Gasteiger partial charge in [0.25, 0.3) is 0 Å². The molecule has 2 aromatic rings. The third kappa shape index (κ3) is 6.58. The Hall–Kier alpha value is -2.88.